The Labute approximate surface area is 198 Å². The van der Waals surface area contributed by atoms with Crippen molar-refractivity contribution < 1.29 is 18.8 Å². The molecule has 5 heterocycles. The van der Waals surface area contributed by atoms with E-state index in [-0.39, 0.29) is 41.6 Å². The van der Waals surface area contributed by atoms with Crippen molar-refractivity contribution in [2.75, 3.05) is 44.2 Å². The second kappa shape index (κ2) is 9.84. The van der Waals surface area contributed by atoms with Crippen molar-refractivity contribution in [3.05, 3.63) is 48.6 Å². The van der Waals surface area contributed by atoms with Crippen LogP contribution in [0.3, 0.4) is 0 Å². The molecule has 0 unspecified atom stereocenters. The lowest BCUT2D eigenvalue weighted by Gasteiger charge is -2.38. The molecule has 3 aliphatic heterocycles. The normalized spacial score (nSPS) is 25.1. The molecule has 2 aromatic rings. The highest BCUT2D eigenvalue weighted by molar-refractivity contribution is 5.91. The van der Waals surface area contributed by atoms with Crippen LogP contribution >= 0.6 is 0 Å². The van der Waals surface area contributed by atoms with Gasteiger partial charge in [0.05, 0.1) is 12.3 Å². The van der Waals surface area contributed by atoms with Crippen molar-refractivity contribution in [2.24, 2.45) is 0 Å². The maximum absolute atomic E-state index is 12.9. The fourth-order valence-electron chi connectivity index (χ4n) is 5.19. The van der Waals surface area contributed by atoms with Crippen LogP contribution in [0.2, 0.25) is 0 Å². The summed E-state index contributed by atoms with van der Waals surface area (Å²) in [6.07, 6.45) is 4.92. The van der Waals surface area contributed by atoms with E-state index in [9.17, 15) is 14.4 Å². The van der Waals surface area contributed by atoms with Gasteiger partial charge < -0.3 is 24.9 Å². The van der Waals surface area contributed by atoms with Crippen LogP contribution in [0.4, 0.5) is 5.82 Å². The van der Waals surface area contributed by atoms with Crippen LogP contribution in [-0.2, 0) is 9.59 Å². The second-order valence-electron chi connectivity index (χ2n) is 9.09. The molecule has 0 bridgehead atoms. The lowest BCUT2D eigenvalue weighted by molar-refractivity contribution is -0.132. The third kappa shape index (κ3) is 4.77. The van der Waals surface area contributed by atoms with E-state index in [0.29, 0.717) is 45.4 Å². The Morgan fingerprint density at radius 1 is 1.15 bits per heavy atom. The van der Waals surface area contributed by atoms with Gasteiger partial charge in [-0.2, -0.15) is 0 Å². The van der Waals surface area contributed by atoms with Gasteiger partial charge in [0.1, 0.15) is 5.82 Å². The summed E-state index contributed by atoms with van der Waals surface area (Å²) in [7, 11) is 0. The Kier molecular flexibility index (Phi) is 6.48. The van der Waals surface area contributed by atoms with Gasteiger partial charge >= 0.3 is 0 Å². The monoisotopic (exact) mass is 466 g/mol. The molecule has 34 heavy (non-hydrogen) atoms. The lowest BCUT2D eigenvalue weighted by Crippen LogP contribution is -2.58. The fourth-order valence-corrected chi connectivity index (χ4v) is 5.19. The Hall–Kier alpha value is -3.40. The van der Waals surface area contributed by atoms with Crippen molar-refractivity contribution in [2.45, 2.75) is 37.4 Å². The molecule has 2 N–H and O–H groups in total. The lowest BCUT2D eigenvalue weighted by atomic mass is 10.0. The number of amides is 3. The number of fused-ring (bicyclic) bond motifs is 1. The minimum absolute atomic E-state index is 0.0111. The summed E-state index contributed by atoms with van der Waals surface area (Å²) in [6, 6.07) is 8.82. The average Bonchev–Trinajstić information content (AvgIpc) is 3.55. The van der Waals surface area contributed by atoms with Crippen molar-refractivity contribution >= 4 is 23.5 Å². The molecule has 3 amide bonds. The van der Waals surface area contributed by atoms with E-state index in [1.54, 1.807) is 18.3 Å². The third-order valence-corrected chi connectivity index (χ3v) is 7.00. The van der Waals surface area contributed by atoms with E-state index in [1.807, 2.05) is 23.1 Å². The van der Waals surface area contributed by atoms with Gasteiger partial charge in [-0.25, -0.2) is 4.98 Å². The highest BCUT2D eigenvalue weighted by atomic mass is 16.3. The van der Waals surface area contributed by atoms with Crippen molar-refractivity contribution in [3.8, 4) is 0 Å². The maximum Gasteiger partial charge on any atom is 0.287 e. The van der Waals surface area contributed by atoms with Gasteiger partial charge in [-0.05, 0) is 37.1 Å². The standard InChI is InChI=1S/C24H30N6O4/c31-22(29-11-9-28(10-12-29)21-5-1-2-8-25-21)7-6-18-15-26-23(32)19-14-17(16-30(18)19)27-24(33)20-4-3-13-34-20/h1-5,8,13,17-19H,6-7,9-12,14-16H2,(H,26,32)(H,27,33)/t17-,18+,19-/m0/s1. The summed E-state index contributed by atoms with van der Waals surface area (Å²) >= 11 is 0. The van der Waals surface area contributed by atoms with Gasteiger partial charge in [-0.1, -0.05) is 6.07 Å². The van der Waals surface area contributed by atoms with Gasteiger partial charge in [-0.3, -0.25) is 19.3 Å². The molecule has 0 spiro atoms. The molecule has 10 heteroatoms. The third-order valence-electron chi connectivity index (χ3n) is 7.00. The molecule has 180 valence electrons. The topological polar surface area (TPSA) is 111 Å². The zero-order valence-corrected chi connectivity index (χ0v) is 19.1. The number of nitrogens with zero attached hydrogens (tertiary/aromatic N) is 4. The first-order valence-corrected chi connectivity index (χ1v) is 11.9. The quantitative estimate of drug-likeness (QED) is 0.637. The molecule has 3 aliphatic rings. The Bertz CT molecular complexity index is 1010. The number of hydrogen-bond donors (Lipinski definition) is 2. The number of carbonyl (C=O) groups is 3. The number of aromatic nitrogens is 1. The van der Waals surface area contributed by atoms with Crippen LogP contribution in [0.1, 0.15) is 29.8 Å². The second-order valence-corrected chi connectivity index (χ2v) is 9.09. The number of carbonyl (C=O) groups excluding carboxylic acids is 3. The predicted octanol–water partition coefficient (Wildman–Crippen LogP) is 0.475. The number of rotatable bonds is 6. The summed E-state index contributed by atoms with van der Waals surface area (Å²) in [6.45, 7) is 4.02. The van der Waals surface area contributed by atoms with E-state index in [1.165, 1.54) is 6.26 Å². The molecule has 10 nitrogen and oxygen atoms in total. The van der Waals surface area contributed by atoms with E-state index in [0.717, 1.165) is 18.9 Å². The fraction of sp³-hybridized carbons (Fsp3) is 0.500. The largest absolute Gasteiger partial charge is 0.459 e. The summed E-state index contributed by atoms with van der Waals surface area (Å²) in [5, 5.41) is 5.96. The van der Waals surface area contributed by atoms with Crippen LogP contribution in [0, 0.1) is 0 Å². The average molecular weight is 467 g/mol. The summed E-state index contributed by atoms with van der Waals surface area (Å²) < 4.78 is 5.17. The predicted molar refractivity (Wildman–Crippen MR) is 124 cm³/mol. The van der Waals surface area contributed by atoms with Crippen LogP contribution in [0.5, 0.6) is 0 Å². The van der Waals surface area contributed by atoms with E-state index in [2.05, 4.69) is 25.4 Å². The van der Waals surface area contributed by atoms with E-state index < -0.39 is 0 Å². The minimum atomic E-state index is -0.280. The molecule has 3 saturated heterocycles. The Morgan fingerprint density at radius 3 is 2.74 bits per heavy atom. The number of hydrogen-bond acceptors (Lipinski definition) is 7. The molecule has 0 saturated carbocycles. The first kappa shape index (κ1) is 22.4. The first-order chi connectivity index (χ1) is 16.6. The SMILES string of the molecule is O=C(N[C@H]1C[C@H]2C(=O)NC[C@@H](CCC(=O)N3CCN(c4ccccn4)CC3)N2C1)c1ccco1. The molecule has 3 atom stereocenters. The molecule has 0 aliphatic carbocycles. The van der Waals surface area contributed by atoms with E-state index in [4.69, 9.17) is 4.42 Å². The molecular formula is C24H30N6O4. The molecule has 5 rings (SSSR count). The zero-order valence-electron chi connectivity index (χ0n) is 19.1. The van der Waals surface area contributed by atoms with E-state index >= 15 is 0 Å². The van der Waals surface area contributed by atoms with Gasteiger partial charge in [0.15, 0.2) is 5.76 Å². The van der Waals surface area contributed by atoms with Crippen LogP contribution in [-0.4, -0.2) is 89.9 Å². The smallest absolute Gasteiger partial charge is 0.287 e. The summed E-state index contributed by atoms with van der Waals surface area (Å²) in [5.41, 5.74) is 0. The zero-order chi connectivity index (χ0) is 23.5. The molecule has 3 fully saturated rings. The Morgan fingerprint density at radius 2 is 2.00 bits per heavy atom. The molecule has 0 radical (unpaired) electrons. The summed E-state index contributed by atoms with van der Waals surface area (Å²) in [5.74, 6) is 1.08. The maximum atomic E-state index is 12.9. The van der Waals surface area contributed by atoms with Crippen molar-refractivity contribution in [3.63, 3.8) is 0 Å². The highest BCUT2D eigenvalue weighted by Crippen LogP contribution is 2.26. The van der Waals surface area contributed by atoms with Gasteiger partial charge in [0, 0.05) is 64.0 Å². The molecule has 2 aromatic heterocycles. The van der Waals surface area contributed by atoms with Crippen molar-refractivity contribution in [1.82, 2.24) is 25.4 Å². The molecule has 0 aromatic carbocycles. The van der Waals surface area contributed by atoms with Crippen molar-refractivity contribution in [1.29, 1.82) is 0 Å². The van der Waals surface area contributed by atoms with Gasteiger partial charge in [-0.15, -0.1) is 0 Å². The first-order valence-electron chi connectivity index (χ1n) is 11.9. The highest BCUT2D eigenvalue weighted by Gasteiger charge is 2.44. The van der Waals surface area contributed by atoms with Crippen LogP contribution in [0.15, 0.2) is 47.2 Å². The Balaban J connectivity index is 1.12. The van der Waals surface area contributed by atoms with Gasteiger partial charge in [0.25, 0.3) is 5.91 Å². The van der Waals surface area contributed by atoms with Gasteiger partial charge in [0.2, 0.25) is 11.8 Å². The number of anilines is 1. The van der Waals surface area contributed by atoms with Crippen LogP contribution < -0.4 is 15.5 Å². The number of pyridine rings is 1. The number of piperazine rings is 2. The number of nitrogens with one attached hydrogen (secondary N) is 2. The van der Waals surface area contributed by atoms with Crippen LogP contribution in [0.25, 0.3) is 0 Å². The minimum Gasteiger partial charge on any atom is -0.459 e. The number of furan rings is 1. The summed E-state index contributed by atoms with van der Waals surface area (Å²) in [4.78, 5) is 48.4. The molecular weight excluding hydrogens is 436 g/mol.